The molecule has 0 unspecified atom stereocenters. The average molecular weight is 938 g/mol. The summed E-state index contributed by atoms with van der Waals surface area (Å²) < 4.78 is 27.6. The van der Waals surface area contributed by atoms with E-state index in [1.54, 1.807) is 61.3 Å². The Bertz CT molecular complexity index is 3470. The van der Waals surface area contributed by atoms with Crippen molar-refractivity contribution in [2.75, 3.05) is 11.5 Å². The molecule has 10 aromatic rings. The number of carbonyl (C=O) groups is 2. The van der Waals surface area contributed by atoms with Gasteiger partial charge in [0.2, 0.25) is 0 Å². The number of aromatic carboxylic acids is 1. The van der Waals surface area contributed by atoms with E-state index in [9.17, 15) is 18.4 Å². The van der Waals surface area contributed by atoms with Crippen LogP contribution in [-0.4, -0.2) is 46.9 Å². The summed E-state index contributed by atoms with van der Waals surface area (Å²) in [4.78, 5) is 46.6. The first-order valence-electron chi connectivity index (χ1n) is 20.6. The Balaban J connectivity index is 0.000000152. The van der Waals surface area contributed by atoms with Crippen molar-refractivity contribution in [3.05, 3.63) is 201 Å². The van der Waals surface area contributed by atoms with E-state index in [0.717, 1.165) is 44.0 Å². The quantitative estimate of drug-likeness (QED) is 0.0725. The lowest BCUT2D eigenvalue weighted by Gasteiger charge is -2.09. The van der Waals surface area contributed by atoms with Crippen LogP contribution in [0.25, 0.3) is 43.6 Å². The number of anilines is 2. The molecule has 10 rings (SSSR count). The highest BCUT2D eigenvalue weighted by molar-refractivity contribution is 6.36. The van der Waals surface area contributed by atoms with E-state index in [0.29, 0.717) is 73.1 Å². The van der Waals surface area contributed by atoms with Gasteiger partial charge in [-0.05, 0) is 96.1 Å². The van der Waals surface area contributed by atoms with Crippen LogP contribution in [-0.2, 0) is 25.9 Å². The van der Waals surface area contributed by atoms with Gasteiger partial charge in [0.05, 0.1) is 50.4 Å². The minimum Gasteiger partial charge on any atom is -0.478 e. The van der Waals surface area contributed by atoms with Gasteiger partial charge < -0.3 is 37.6 Å². The minimum atomic E-state index is -0.950. The van der Waals surface area contributed by atoms with Gasteiger partial charge in [-0.25, -0.2) is 13.6 Å². The zero-order valence-corrected chi connectivity index (χ0v) is 36.8. The summed E-state index contributed by atoms with van der Waals surface area (Å²) in [6.07, 6.45) is 10.7. The molecule has 0 atom stereocenters. The number of aromatic nitrogens is 6. The van der Waals surface area contributed by atoms with Gasteiger partial charge in [0.1, 0.15) is 11.6 Å². The highest BCUT2D eigenvalue weighted by Gasteiger charge is 2.13. The number of rotatable bonds is 9. The van der Waals surface area contributed by atoms with Crippen LogP contribution in [0.4, 0.5) is 20.2 Å². The van der Waals surface area contributed by atoms with Gasteiger partial charge >= 0.3 is 5.97 Å². The Hall–Kier alpha value is -7.98. The van der Waals surface area contributed by atoms with Gasteiger partial charge in [0, 0.05) is 111 Å². The van der Waals surface area contributed by atoms with Crippen molar-refractivity contribution < 1.29 is 23.5 Å². The van der Waals surface area contributed by atoms with Crippen LogP contribution >= 0.6 is 23.2 Å². The van der Waals surface area contributed by atoms with Gasteiger partial charge in [0.15, 0.2) is 0 Å². The fraction of sp³-hybridized carbons (Fsp3) is 0.0800. The summed E-state index contributed by atoms with van der Waals surface area (Å²) in [5.41, 5.74) is 26.2. The number of hydrogen-bond donors (Lipinski definition) is 7. The van der Waals surface area contributed by atoms with Crippen molar-refractivity contribution in [3.8, 4) is 0 Å². The Morgan fingerprint density at radius 2 is 1.12 bits per heavy atom. The van der Waals surface area contributed by atoms with Crippen LogP contribution in [0.3, 0.4) is 0 Å². The maximum absolute atomic E-state index is 14.4. The number of benzene rings is 4. The predicted molar refractivity (Wildman–Crippen MR) is 259 cm³/mol. The Morgan fingerprint density at radius 3 is 1.64 bits per heavy atom. The third-order valence-electron chi connectivity index (χ3n) is 10.7. The number of nitrogens with one attached hydrogen (secondary N) is 3. The Kier molecular flexibility index (Phi) is 13.6. The van der Waals surface area contributed by atoms with Crippen LogP contribution in [0, 0.1) is 11.6 Å². The van der Waals surface area contributed by atoms with Gasteiger partial charge in [-0.3, -0.25) is 24.7 Å². The second kappa shape index (κ2) is 20.0. The molecule has 0 saturated carbocycles. The first-order valence-corrected chi connectivity index (χ1v) is 21.4. The van der Waals surface area contributed by atoms with E-state index in [1.165, 1.54) is 24.4 Å². The number of fused-ring (bicyclic) bond motifs is 4. The van der Waals surface area contributed by atoms with Crippen molar-refractivity contribution in [2.45, 2.75) is 25.9 Å². The number of amides is 1. The molecule has 336 valence electrons. The van der Waals surface area contributed by atoms with Crippen molar-refractivity contribution in [2.24, 2.45) is 5.73 Å². The molecule has 0 fully saturated rings. The summed E-state index contributed by atoms with van der Waals surface area (Å²) in [5, 5.41) is 16.3. The molecule has 0 aliphatic rings. The SMILES string of the molecule is NCc1cc2c(Cl)c[nH]c2cc1F.Nc1cnc2ccc(Cc3cc(C(=O)NCc4cc5c(Cl)c[nH]c5cc4F)ccn3)cc2c1.Nc1cnc2ccc(Cc3cc(C(=O)O)ccn3)cc2c1. The lowest BCUT2D eigenvalue weighted by atomic mass is 10.0. The third-order valence-corrected chi connectivity index (χ3v) is 11.3. The lowest BCUT2D eigenvalue weighted by molar-refractivity contribution is 0.0696. The van der Waals surface area contributed by atoms with Gasteiger partial charge in [0.25, 0.3) is 5.91 Å². The van der Waals surface area contributed by atoms with Crippen LogP contribution < -0.4 is 22.5 Å². The van der Waals surface area contributed by atoms with Gasteiger partial charge in [-0.2, -0.15) is 0 Å². The molecule has 17 heteroatoms. The normalized spacial score (nSPS) is 11.0. The Labute approximate surface area is 391 Å². The molecule has 67 heavy (non-hydrogen) atoms. The molecular formula is C50H40Cl2F2N10O3. The lowest BCUT2D eigenvalue weighted by Crippen LogP contribution is -2.23. The predicted octanol–water partition coefficient (Wildman–Crippen LogP) is 9.93. The number of aromatic amines is 2. The molecule has 0 radical (unpaired) electrons. The molecule has 0 aliphatic heterocycles. The number of halogens is 4. The maximum Gasteiger partial charge on any atom is 0.335 e. The Morgan fingerprint density at radius 1 is 0.627 bits per heavy atom. The summed E-state index contributed by atoms with van der Waals surface area (Å²) >= 11 is 12.0. The van der Waals surface area contributed by atoms with Crippen molar-refractivity contribution in [1.82, 2.24) is 35.2 Å². The number of nitrogens with two attached hydrogens (primary N) is 3. The fourth-order valence-electron chi connectivity index (χ4n) is 7.34. The highest BCUT2D eigenvalue weighted by Crippen LogP contribution is 2.27. The molecule has 10 N–H and O–H groups in total. The maximum atomic E-state index is 14.4. The number of nitrogen functional groups attached to an aromatic ring is 2. The number of hydrogen-bond acceptors (Lipinski definition) is 9. The smallest absolute Gasteiger partial charge is 0.335 e. The van der Waals surface area contributed by atoms with E-state index < -0.39 is 11.8 Å². The van der Waals surface area contributed by atoms with Gasteiger partial charge in [-0.15, -0.1) is 0 Å². The number of pyridine rings is 4. The molecule has 0 bridgehead atoms. The second-order valence-electron chi connectivity index (χ2n) is 15.5. The summed E-state index contributed by atoms with van der Waals surface area (Å²) in [7, 11) is 0. The molecule has 0 spiro atoms. The largest absolute Gasteiger partial charge is 0.478 e. The van der Waals surface area contributed by atoms with E-state index in [-0.39, 0.29) is 30.4 Å². The van der Waals surface area contributed by atoms with E-state index in [1.807, 2.05) is 48.5 Å². The molecule has 4 aromatic carbocycles. The molecule has 1 amide bonds. The van der Waals surface area contributed by atoms with Crippen molar-refractivity contribution >= 4 is 90.1 Å². The van der Waals surface area contributed by atoms with Crippen LogP contribution in [0.2, 0.25) is 10.0 Å². The first-order chi connectivity index (χ1) is 32.3. The first kappa shape index (κ1) is 45.6. The number of carboxylic acid groups (broad SMARTS) is 1. The van der Waals surface area contributed by atoms with Crippen molar-refractivity contribution in [3.63, 3.8) is 0 Å². The fourth-order valence-corrected chi connectivity index (χ4v) is 7.76. The molecule has 6 heterocycles. The molecule has 0 saturated heterocycles. The summed E-state index contributed by atoms with van der Waals surface area (Å²) in [6.45, 7) is 0.224. The average Bonchev–Trinajstić information content (AvgIpc) is 3.87. The summed E-state index contributed by atoms with van der Waals surface area (Å²) in [5.74, 6) is -1.97. The van der Waals surface area contributed by atoms with E-state index >= 15 is 0 Å². The zero-order chi connectivity index (χ0) is 47.2. The second-order valence-corrected chi connectivity index (χ2v) is 16.3. The van der Waals surface area contributed by atoms with Crippen LogP contribution in [0.5, 0.6) is 0 Å². The van der Waals surface area contributed by atoms with E-state index in [4.69, 9.17) is 45.5 Å². The number of nitrogens with zero attached hydrogens (tertiary/aromatic N) is 4. The summed E-state index contributed by atoms with van der Waals surface area (Å²) in [6, 6.07) is 28.1. The molecule has 0 aliphatic carbocycles. The highest BCUT2D eigenvalue weighted by atomic mass is 35.5. The number of carboxylic acids is 1. The minimum absolute atomic E-state index is 0.0405. The number of carbonyl (C=O) groups excluding carboxylic acids is 1. The van der Waals surface area contributed by atoms with Gasteiger partial charge in [-0.1, -0.05) is 35.3 Å². The number of H-pyrrole nitrogens is 2. The molecule has 13 nitrogen and oxygen atoms in total. The van der Waals surface area contributed by atoms with E-state index in [2.05, 4.69) is 35.2 Å². The van der Waals surface area contributed by atoms with Crippen LogP contribution in [0.1, 0.15) is 54.4 Å². The zero-order valence-electron chi connectivity index (χ0n) is 35.3. The molecular weight excluding hydrogens is 898 g/mol. The monoisotopic (exact) mass is 936 g/mol. The topological polar surface area (TPSA) is 228 Å². The van der Waals surface area contributed by atoms with Crippen LogP contribution in [0.15, 0.2) is 134 Å². The standard InChI is InChI=1S/C25H19ClFN5O.C16H13N3O2.C9H8ClFN2/c26-21-13-31-24-10-22(27)17(9-20(21)24)11-32-25(33)15-3-4-29-19(8-15)6-14-1-2-23-16(5-14)7-18(28)12-30-23;17-13-7-12-5-10(1-2-15(12)19-9-13)6-14-8-11(16(20)21)3-4-18-14;10-7-4-13-9-2-8(11)5(3-12)1-6(7)9/h1-5,7-10,12-13,31H,6,11,28H2,(H,32,33);1-5,7-9H,6,17H2,(H,20,21);1-2,4,13H,3,12H2. The van der Waals surface area contributed by atoms with Crippen molar-refractivity contribution in [1.29, 1.82) is 0 Å². The third kappa shape index (κ3) is 10.9. The molecule has 6 aromatic heterocycles.